The number of aryl methyl sites for hydroxylation is 1. The van der Waals surface area contributed by atoms with Gasteiger partial charge in [-0.1, -0.05) is 26.0 Å². The van der Waals surface area contributed by atoms with Crippen LogP contribution in [0.1, 0.15) is 48.8 Å². The van der Waals surface area contributed by atoms with Crippen LogP contribution in [0, 0.1) is 12.8 Å². The van der Waals surface area contributed by atoms with Gasteiger partial charge in [-0.25, -0.2) is 9.50 Å². The Bertz CT molecular complexity index is 1040. The van der Waals surface area contributed by atoms with Gasteiger partial charge in [0.2, 0.25) is 0 Å². The van der Waals surface area contributed by atoms with E-state index in [4.69, 9.17) is 0 Å². The number of hydrogen-bond donors (Lipinski definition) is 1. The van der Waals surface area contributed by atoms with Gasteiger partial charge in [-0.3, -0.25) is 4.79 Å². The number of carbonyl (C=O) groups is 1. The first kappa shape index (κ1) is 20.8. The standard InChI is InChI=1S/C21H23F3N4O/c1-12(2)8-13(3)27-20(29)17-10-25-19-18(11-26-28(19)14(17)4)15-6-5-7-16(9-15)21(22,23)24/h5-7,9-13H,8H2,1-4H3,(H,27,29). The molecule has 154 valence electrons. The Kier molecular flexibility index (Phi) is 5.64. The summed E-state index contributed by atoms with van der Waals surface area (Å²) in [4.78, 5) is 16.9. The van der Waals surface area contributed by atoms with Crippen molar-refractivity contribution in [2.45, 2.75) is 46.3 Å². The van der Waals surface area contributed by atoms with Crippen molar-refractivity contribution in [3.05, 3.63) is 53.5 Å². The topological polar surface area (TPSA) is 59.3 Å². The lowest BCUT2D eigenvalue weighted by Gasteiger charge is -2.16. The highest BCUT2D eigenvalue weighted by Crippen LogP contribution is 2.33. The first-order chi connectivity index (χ1) is 13.6. The Balaban J connectivity index is 1.96. The van der Waals surface area contributed by atoms with Crippen LogP contribution in [0.4, 0.5) is 13.2 Å². The van der Waals surface area contributed by atoms with Crippen LogP contribution in [0.5, 0.6) is 0 Å². The summed E-state index contributed by atoms with van der Waals surface area (Å²) in [7, 11) is 0. The number of benzene rings is 1. The van der Waals surface area contributed by atoms with Crippen LogP contribution in [0.2, 0.25) is 0 Å². The van der Waals surface area contributed by atoms with E-state index in [0.717, 1.165) is 18.6 Å². The highest BCUT2D eigenvalue weighted by Gasteiger charge is 2.30. The second-order valence-corrected chi connectivity index (χ2v) is 7.63. The van der Waals surface area contributed by atoms with E-state index in [1.807, 2.05) is 6.92 Å². The largest absolute Gasteiger partial charge is 0.416 e. The number of aromatic nitrogens is 3. The number of fused-ring (bicyclic) bond motifs is 1. The average Bonchev–Trinajstić information content (AvgIpc) is 3.05. The molecule has 29 heavy (non-hydrogen) atoms. The Morgan fingerprint density at radius 2 is 1.93 bits per heavy atom. The molecule has 2 heterocycles. The van der Waals surface area contributed by atoms with Crippen LogP contribution >= 0.6 is 0 Å². The monoisotopic (exact) mass is 404 g/mol. The molecular formula is C21H23F3N4O. The maximum absolute atomic E-state index is 13.0. The summed E-state index contributed by atoms with van der Waals surface area (Å²) in [5, 5.41) is 7.20. The number of alkyl halides is 3. The average molecular weight is 404 g/mol. The van der Waals surface area contributed by atoms with E-state index in [1.165, 1.54) is 23.0 Å². The van der Waals surface area contributed by atoms with Crippen molar-refractivity contribution >= 4 is 11.6 Å². The molecule has 2 aromatic heterocycles. The van der Waals surface area contributed by atoms with Crippen LogP contribution in [0.3, 0.4) is 0 Å². The van der Waals surface area contributed by atoms with Gasteiger partial charge in [0, 0.05) is 17.8 Å². The van der Waals surface area contributed by atoms with Crippen LogP contribution in [-0.2, 0) is 6.18 Å². The fourth-order valence-electron chi connectivity index (χ4n) is 3.40. The van der Waals surface area contributed by atoms with Gasteiger partial charge in [0.05, 0.1) is 23.0 Å². The lowest BCUT2D eigenvalue weighted by molar-refractivity contribution is -0.137. The van der Waals surface area contributed by atoms with Crippen molar-refractivity contribution in [1.29, 1.82) is 0 Å². The van der Waals surface area contributed by atoms with Crippen molar-refractivity contribution in [3.8, 4) is 11.1 Å². The molecule has 1 aromatic carbocycles. The minimum absolute atomic E-state index is 0.0101. The van der Waals surface area contributed by atoms with Crippen molar-refractivity contribution in [2.75, 3.05) is 0 Å². The smallest absolute Gasteiger partial charge is 0.349 e. The molecule has 0 aliphatic rings. The van der Waals surface area contributed by atoms with E-state index in [0.29, 0.717) is 33.9 Å². The van der Waals surface area contributed by atoms with Crippen LogP contribution in [-0.4, -0.2) is 26.5 Å². The quantitative estimate of drug-likeness (QED) is 0.659. The minimum atomic E-state index is -4.43. The molecule has 1 amide bonds. The summed E-state index contributed by atoms with van der Waals surface area (Å²) in [5.74, 6) is 0.203. The number of amides is 1. The SMILES string of the molecule is Cc1c(C(=O)NC(C)CC(C)C)cnc2c(-c3cccc(C(F)(F)F)c3)cnn12. The summed E-state index contributed by atoms with van der Waals surface area (Å²) in [6.07, 6.45) is -0.670. The molecule has 0 fully saturated rings. The van der Waals surface area contributed by atoms with Gasteiger partial charge in [-0.15, -0.1) is 0 Å². The number of carbonyl (C=O) groups excluding carboxylic acids is 1. The highest BCUT2D eigenvalue weighted by molar-refractivity contribution is 5.95. The molecule has 0 saturated carbocycles. The fourth-order valence-corrected chi connectivity index (χ4v) is 3.40. The molecule has 3 rings (SSSR count). The number of halogens is 3. The minimum Gasteiger partial charge on any atom is -0.349 e. The maximum Gasteiger partial charge on any atom is 0.416 e. The van der Waals surface area contributed by atoms with Crippen LogP contribution < -0.4 is 5.32 Å². The van der Waals surface area contributed by atoms with Gasteiger partial charge in [0.25, 0.3) is 5.91 Å². The molecule has 0 bridgehead atoms. The molecule has 0 aliphatic carbocycles. The van der Waals surface area contributed by atoms with Crippen molar-refractivity contribution in [3.63, 3.8) is 0 Å². The third kappa shape index (κ3) is 4.41. The molecule has 8 heteroatoms. The first-order valence-corrected chi connectivity index (χ1v) is 9.39. The Hall–Kier alpha value is -2.90. The molecule has 1 unspecified atom stereocenters. The van der Waals surface area contributed by atoms with Crippen molar-refractivity contribution in [2.24, 2.45) is 5.92 Å². The zero-order valence-corrected chi connectivity index (χ0v) is 16.7. The Labute approximate surface area is 167 Å². The van der Waals surface area contributed by atoms with Crippen LogP contribution in [0.15, 0.2) is 36.7 Å². The summed E-state index contributed by atoms with van der Waals surface area (Å²) < 4.78 is 40.6. The number of nitrogens with one attached hydrogen (secondary N) is 1. The van der Waals surface area contributed by atoms with E-state index in [-0.39, 0.29) is 11.9 Å². The normalized spacial score (nSPS) is 13.1. The summed E-state index contributed by atoms with van der Waals surface area (Å²) >= 11 is 0. The molecule has 3 aromatic rings. The molecular weight excluding hydrogens is 381 g/mol. The molecule has 1 atom stereocenters. The van der Waals surface area contributed by atoms with Gasteiger partial charge in [0.1, 0.15) is 0 Å². The molecule has 5 nitrogen and oxygen atoms in total. The first-order valence-electron chi connectivity index (χ1n) is 9.39. The van der Waals surface area contributed by atoms with Gasteiger partial charge in [-0.05, 0) is 43.9 Å². The molecule has 0 spiro atoms. The van der Waals surface area contributed by atoms with E-state index in [2.05, 4.69) is 29.2 Å². The Morgan fingerprint density at radius 3 is 2.59 bits per heavy atom. The second kappa shape index (κ2) is 7.85. The number of hydrogen-bond acceptors (Lipinski definition) is 3. The second-order valence-electron chi connectivity index (χ2n) is 7.63. The van der Waals surface area contributed by atoms with E-state index in [1.54, 1.807) is 13.0 Å². The van der Waals surface area contributed by atoms with Gasteiger partial charge >= 0.3 is 6.18 Å². The lowest BCUT2D eigenvalue weighted by atomic mass is 10.0. The van der Waals surface area contributed by atoms with E-state index < -0.39 is 11.7 Å². The fraction of sp³-hybridized carbons (Fsp3) is 0.381. The third-order valence-corrected chi connectivity index (χ3v) is 4.72. The lowest BCUT2D eigenvalue weighted by Crippen LogP contribution is -2.34. The summed E-state index contributed by atoms with van der Waals surface area (Å²) in [6, 6.07) is 5.04. The van der Waals surface area contributed by atoms with E-state index >= 15 is 0 Å². The molecule has 1 N–H and O–H groups in total. The predicted molar refractivity (Wildman–Crippen MR) is 105 cm³/mol. The third-order valence-electron chi connectivity index (χ3n) is 4.72. The zero-order chi connectivity index (χ0) is 21.3. The zero-order valence-electron chi connectivity index (χ0n) is 16.7. The van der Waals surface area contributed by atoms with Gasteiger partial charge < -0.3 is 5.32 Å². The molecule has 0 saturated heterocycles. The highest BCUT2D eigenvalue weighted by atomic mass is 19.4. The van der Waals surface area contributed by atoms with Crippen molar-refractivity contribution in [1.82, 2.24) is 19.9 Å². The van der Waals surface area contributed by atoms with Gasteiger partial charge in [-0.2, -0.15) is 18.3 Å². The molecule has 0 aliphatic heterocycles. The summed E-state index contributed by atoms with van der Waals surface area (Å²) in [6.45, 7) is 7.85. The predicted octanol–water partition coefficient (Wildman–Crippen LogP) is 4.89. The maximum atomic E-state index is 13.0. The number of nitrogens with zero attached hydrogens (tertiary/aromatic N) is 3. The molecule has 0 radical (unpaired) electrons. The summed E-state index contributed by atoms with van der Waals surface area (Å²) in [5.41, 5.74) is 1.45. The van der Waals surface area contributed by atoms with Crippen LogP contribution in [0.25, 0.3) is 16.8 Å². The van der Waals surface area contributed by atoms with Crippen molar-refractivity contribution < 1.29 is 18.0 Å². The Morgan fingerprint density at radius 1 is 1.21 bits per heavy atom. The van der Waals surface area contributed by atoms with E-state index in [9.17, 15) is 18.0 Å². The number of rotatable bonds is 5. The van der Waals surface area contributed by atoms with Gasteiger partial charge in [0.15, 0.2) is 5.65 Å².